The van der Waals surface area contributed by atoms with Crippen molar-refractivity contribution in [2.45, 2.75) is 33.6 Å². The molecule has 0 unspecified atom stereocenters. The van der Waals surface area contributed by atoms with Crippen LogP contribution >= 0.6 is 0 Å². The van der Waals surface area contributed by atoms with Gasteiger partial charge in [0.2, 0.25) is 5.91 Å². The number of nitrogens with zero attached hydrogens (tertiary/aromatic N) is 1. The minimum Gasteiger partial charge on any atom is -0.371 e. The summed E-state index contributed by atoms with van der Waals surface area (Å²) in [6.07, 6.45) is 1.54. The molecule has 0 aromatic heterocycles. The van der Waals surface area contributed by atoms with Crippen LogP contribution < -0.4 is 10.2 Å². The van der Waals surface area contributed by atoms with Crippen molar-refractivity contribution in [3.8, 4) is 0 Å². The van der Waals surface area contributed by atoms with E-state index in [9.17, 15) is 4.79 Å². The fourth-order valence-corrected chi connectivity index (χ4v) is 1.88. The average Bonchev–Trinajstić information content (AvgIpc) is 2.37. The molecule has 0 saturated carbocycles. The lowest BCUT2D eigenvalue weighted by atomic mass is 10.2. The summed E-state index contributed by atoms with van der Waals surface area (Å²) in [5.74, 6) is 0.142. The predicted octanol–water partition coefficient (Wildman–Crippen LogP) is 2.74. The highest BCUT2D eigenvalue weighted by atomic mass is 16.1. The number of hydrogen-bond donors (Lipinski definition) is 1. The maximum absolute atomic E-state index is 11.6. The van der Waals surface area contributed by atoms with Crippen LogP contribution in [0, 0.1) is 6.92 Å². The first kappa shape index (κ1) is 14.6. The van der Waals surface area contributed by atoms with Crippen LogP contribution in [-0.4, -0.2) is 25.5 Å². The smallest absolute Gasteiger partial charge is 0.221 e. The molecule has 0 bridgehead atoms. The molecule has 0 radical (unpaired) electrons. The Bertz CT molecular complexity index is 377. The molecule has 1 aromatic rings. The highest BCUT2D eigenvalue weighted by molar-refractivity contribution is 5.76. The lowest BCUT2D eigenvalue weighted by Gasteiger charge is -2.23. The monoisotopic (exact) mass is 248 g/mol. The standard InChI is InChI=1S/C15H24N2O/c1-4-10-16-15(18)9-11-17(5-2)14-8-6-7-13(3)12-14/h6-8,12H,4-5,9-11H2,1-3H3,(H,16,18). The van der Waals surface area contributed by atoms with Crippen LogP contribution in [-0.2, 0) is 4.79 Å². The van der Waals surface area contributed by atoms with Crippen molar-refractivity contribution < 1.29 is 4.79 Å². The molecule has 1 rings (SSSR count). The lowest BCUT2D eigenvalue weighted by molar-refractivity contribution is -0.120. The number of nitrogens with one attached hydrogen (secondary N) is 1. The molecule has 100 valence electrons. The van der Waals surface area contributed by atoms with Gasteiger partial charge in [-0.1, -0.05) is 19.1 Å². The molecule has 0 aliphatic rings. The molecule has 0 heterocycles. The zero-order valence-corrected chi connectivity index (χ0v) is 11.7. The Morgan fingerprint density at radius 3 is 2.72 bits per heavy atom. The van der Waals surface area contributed by atoms with Crippen LogP contribution in [0.1, 0.15) is 32.3 Å². The lowest BCUT2D eigenvalue weighted by Crippen LogP contribution is -2.31. The van der Waals surface area contributed by atoms with Crippen molar-refractivity contribution >= 4 is 11.6 Å². The number of aryl methyl sites for hydroxylation is 1. The second-order valence-electron chi connectivity index (χ2n) is 4.52. The van der Waals surface area contributed by atoms with Gasteiger partial charge in [0.05, 0.1) is 0 Å². The molecule has 0 atom stereocenters. The zero-order valence-electron chi connectivity index (χ0n) is 11.7. The van der Waals surface area contributed by atoms with Crippen molar-refractivity contribution in [2.24, 2.45) is 0 Å². The van der Waals surface area contributed by atoms with Crippen LogP contribution in [0.15, 0.2) is 24.3 Å². The summed E-state index contributed by atoms with van der Waals surface area (Å²) in [6, 6.07) is 8.41. The first-order valence-electron chi connectivity index (χ1n) is 6.75. The van der Waals surface area contributed by atoms with Gasteiger partial charge in [-0.3, -0.25) is 4.79 Å². The van der Waals surface area contributed by atoms with Gasteiger partial charge in [0.1, 0.15) is 0 Å². The topological polar surface area (TPSA) is 32.3 Å². The van der Waals surface area contributed by atoms with Crippen molar-refractivity contribution in [1.82, 2.24) is 5.32 Å². The number of amides is 1. The van der Waals surface area contributed by atoms with Gasteiger partial charge < -0.3 is 10.2 Å². The van der Waals surface area contributed by atoms with Crippen LogP contribution in [0.4, 0.5) is 5.69 Å². The van der Waals surface area contributed by atoms with E-state index in [-0.39, 0.29) is 5.91 Å². The molecule has 0 aliphatic carbocycles. The summed E-state index contributed by atoms with van der Waals surface area (Å²) in [6.45, 7) is 8.73. The minimum absolute atomic E-state index is 0.142. The molecule has 0 aliphatic heterocycles. The van der Waals surface area contributed by atoms with E-state index in [1.807, 2.05) is 0 Å². The Balaban J connectivity index is 2.50. The molecular formula is C15H24N2O. The van der Waals surface area contributed by atoms with E-state index >= 15 is 0 Å². The highest BCUT2D eigenvalue weighted by Crippen LogP contribution is 2.15. The van der Waals surface area contributed by atoms with E-state index in [1.54, 1.807) is 0 Å². The van der Waals surface area contributed by atoms with Gasteiger partial charge in [0.25, 0.3) is 0 Å². The van der Waals surface area contributed by atoms with Gasteiger partial charge in [-0.25, -0.2) is 0 Å². The van der Waals surface area contributed by atoms with Gasteiger partial charge in [0, 0.05) is 31.7 Å². The molecule has 18 heavy (non-hydrogen) atoms. The molecule has 0 fully saturated rings. The third-order valence-electron chi connectivity index (χ3n) is 2.93. The fourth-order valence-electron chi connectivity index (χ4n) is 1.88. The molecule has 1 N–H and O–H groups in total. The number of anilines is 1. The van der Waals surface area contributed by atoms with E-state index in [0.29, 0.717) is 6.42 Å². The Morgan fingerprint density at radius 1 is 1.33 bits per heavy atom. The summed E-state index contributed by atoms with van der Waals surface area (Å²) < 4.78 is 0. The molecule has 0 saturated heterocycles. The minimum atomic E-state index is 0.142. The molecule has 1 amide bonds. The normalized spacial score (nSPS) is 10.2. The first-order chi connectivity index (χ1) is 8.67. The van der Waals surface area contributed by atoms with Crippen LogP contribution in [0.2, 0.25) is 0 Å². The Labute approximate surface area is 110 Å². The Hall–Kier alpha value is -1.51. The predicted molar refractivity (Wildman–Crippen MR) is 77.0 cm³/mol. The highest BCUT2D eigenvalue weighted by Gasteiger charge is 2.07. The Kier molecular flexibility index (Phi) is 6.26. The van der Waals surface area contributed by atoms with Crippen LogP contribution in [0.5, 0.6) is 0 Å². The van der Waals surface area contributed by atoms with Gasteiger partial charge >= 0.3 is 0 Å². The van der Waals surface area contributed by atoms with Crippen LogP contribution in [0.3, 0.4) is 0 Å². The maximum Gasteiger partial charge on any atom is 0.221 e. The number of carbonyl (C=O) groups excluding carboxylic acids is 1. The van der Waals surface area contributed by atoms with Crippen molar-refractivity contribution in [3.05, 3.63) is 29.8 Å². The quantitative estimate of drug-likeness (QED) is 0.804. The number of hydrogen-bond acceptors (Lipinski definition) is 2. The molecule has 1 aromatic carbocycles. The number of carbonyl (C=O) groups is 1. The first-order valence-corrected chi connectivity index (χ1v) is 6.75. The summed E-state index contributed by atoms with van der Waals surface area (Å²) in [4.78, 5) is 13.8. The molecule has 0 spiro atoms. The van der Waals surface area contributed by atoms with Crippen LogP contribution in [0.25, 0.3) is 0 Å². The third-order valence-corrected chi connectivity index (χ3v) is 2.93. The largest absolute Gasteiger partial charge is 0.371 e. The second kappa shape index (κ2) is 7.75. The SMILES string of the molecule is CCCNC(=O)CCN(CC)c1cccc(C)c1. The summed E-state index contributed by atoms with van der Waals surface area (Å²) >= 11 is 0. The van der Waals surface area contributed by atoms with Crippen molar-refractivity contribution in [2.75, 3.05) is 24.5 Å². The second-order valence-corrected chi connectivity index (χ2v) is 4.52. The molecule has 3 nitrogen and oxygen atoms in total. The third kappa shape index (κ3) is 4.78. The molecular weight excluding hydrogens is 224 g/mol. The summed E-state index contributed by atoms with van der Waals surface area (Å²) in [5, 5.41) is 2.91. The van der Waals surface area contributed by atoms with Crippen molar-refractivity contribution in [1.29, 1.82) is 0 Å². The van der Waals surface area contributed by atoms with E-state index < -0.39 is 0 Å². The van der Waals surface area contributed by atoms with E-state index in [2.05, 4.69) is 55.3 Å². The van der Waals surface area contributed by atoms with E-state index in [0.717, 1.165) is 26.1 Å². The van der Waals surface area contributed by atoms with Crippen molar-refractivity contribution in [3.63, 3.8) is 0 Å². The van der Waals surface area contributed by atoms with Gasteiger partial charge in [-0.15, -0.1) is 0 Å². The number of benzene rings is 1. The zero-order chi connectivity index (χ0) is 13.4. The van der Waals surface area contributed by atoms with E-state index in [1.165, 1.54) is 11.3 Å². The Morgan fingerprint density at radius 2 is 2.11 bits per heavy atom. The van der Waals surface area contributed by atoms with Gasteiger partial charge in [-0.05, 0) is 38.0 Å². The average molecular weight is 248 g/mol. The number of rotatable bonds is 7. The maximum atomic E-state index is 11.6. The summed E-state index contributed by atoms with van der Waals surface area (Å²) in [7, 11) is 0. The van der Waals surface area contributed by atoms with Gasteiger partial charge in [-0.2, -0.15) is 0 Å². The van der Waals surface area contributed by atoms with Gasteiger partial charge in [0.15, 0.2) is 0 Å². The molecule has 3 heteroatoms. The van der Waals surface area contributed by atoms with E-state index in [4.69, 9.17) is 0 Å². The summed E-state index contributed by atoms with van der Waals surface area (Å²) in [5.41, 5.74) is 2.45. The fraction of sp³-hybridized carbons (Fsp3) is 0.533.